The van der Waals surface area contributed by atoms with Gasteiger partial charge >= 0.3 is 12.0 Å². The highest BCUT2D eigenvalue weighted by Gasteiger charge is 2.36. The van der Waals surface area contributed by atoms with Crippen LogP contribution < -0.4 is 11.1 Å². The molecule has 4 N–H and O–H groups in total. The molecule has 33 heavy (non-hydrogen) atoms. The van der Waals surface area contributed by atoms with E-state index in [2.05, 4.69) is 15.4 Å². The number of rotatable bonds is 5. The van der Waals surface area contributed by atoms with Crippen LogP contribution in [0, 0.1) is 10.1 Å². The number of aromatic amines is 1. The normalized spacial score (nSPS) is 11.6. The average Bonchev–Trinajstić information content (AvgIpc) is 3.45. The summed E-state index contributed by atoms with van der Waals surface area (Å²) in [6, 6.07) is 3.49. The lowest BCUT2D eigenvalue weighted by atomic mass is 10.1. The number of aromatic nitrogens is 3. The second-order valence-electron chi connectivity index (χ2n) is 6.33. The van der Waals surface area contributed by atoms with Gasteiger partial charge in [0.1, 0.15) is 21.2 Å². The van der Waals surface area contributed by atoms with Gasteiger partial charge in [0.25, 0.3) is 11.8 Å². The van der Waals surface area contributed by atoms with Gasteiger partial charge in [0, 0.05) is 10.9 Å². The molecule has 0 bridgehead atoms. The molecule has 0 spiro atoms. The minimum absolute atomic E-state index is 0.00865. The molecule has 11 nitrogen and oxygen atoms in total. The summed E-state index contributed by atoms with van der Waals surface area (Å²) in [4.78, 5) is 37.8. The summed E-state index contributed by atoms with van der Waals surface area (Å²) < 4.78 is 45.5. The van der Waals surface area contributed by atoms with Crippen LogP contribution in [0.4, 0.5) is 24.7 Å². The van der Waals surface area contributed by atoms with E-state index in [4.69, 9.17) is 21.8 Å². The standard InChI is InChI=1S/C17H8ClF3N6O5S/c18-9-11(25-26-14(9)27(30)31)15(29)24-10-8-5(6-2-1-3-32-6)4-7(17(19,20)21)23-16(8)33-12(10)13(22)28/h1-4H,(H2,22,28)(H,24,29)(H,25,26). The van der Waals surface area contributed by atoms with Crippen molar-refractivity contribution in [1.29, 1.82) is 0 Å². The Labute approximate surface area is 188 Å². The summed E-state index contributed by atoms with van der Waals surface area (Å²) >= 11 is 6.33. The fraction of sp³-hybridized carbons (Fsp3) is 0.0588. The van der Waals surface area contributed by atoms with E-state index < -0.39 is 45.1 Å². The van der Waals surface area contributed by atoms with Gasteiger partial charge in [-0.25, -0.2) is 4.98 Å². The molecule has 0 aliphatic carbocycles. The Kier molecular flexibility index (Phi) is 5.29. The van der Waals surface area contributed by atoms with Crippen molar-refractivity contribution in [3.63, 3.8) is 0 Å². The van der Waals surface area contributed by atoms with Crippen LogP contribution in [0.25, 0.3) is 21.5 Å². The second-order valence-corrected chi connectivity index (χ2v) is 7.70. The summed E-state index contributed by atoms with van der Waals surface area (Å²) in [6.07, 6.45) is -3.60. The molecular formula is C17H8ClF3N6O5S. The number of nitrogens with one attached hydrogen (secondary N) is 2. The van der Waals surface area contributed by atoms with Gasteiger partial charge in [-0.15, -0.1) is 16.4 Å². The number of thiophene rings is 1. The summed E-state index contributed by atoms with van der Waals surface area (Å²) in [5.41, 5.74) is 3.12. The maximum absolute atomic E-state index is 13.4. The minimum atomic E-state index is -4.82. The van der Waals surface area contributed by atoms with E-state index in [-0.39, 0.29) is 32.1 Å². The Bertz CT molecular complexity index is 1430. The SMILES string of the molecule is NC(=O)c1sc2nc(C(F)(F)F)cc(-c3ccco3)c2c1NC(=O)c1n[nH]c([N+](=O)[O-])c1Cl. The van der Waals surface area contributed by atoms with Gasteiger partial charge < -0.3 is 25.6 Å². The lowest BCUT2D eigenvalue weighted by molar-refractivity contribution is -0.389. The molecule has 2 amide bonds. The van der Waals surface area contributed by atoms with Crippen molar-refractivity contribution in [3.05, 3.63) is 55.9 Å². The van der Waals surface area contributed by atoms with Gasteiger partial charge in [-0.3, -0.25) is 9.59 Å². The summed E-state index contributed by atoms with van der Waals surface area (Å²) in [7, 11) is 0. The number of alkyl halides is 3. The number of hydrogen-bond donors (Lipinski definition) is 3. The predicted octanol–water partition coefficient (Wildman–Crippen LogP) is 4.21. The van der Waals surface area contributed by atoms with Gasteiger partial charge in [0.05, 0.1) is 12.0 Å². The number of amides is 2. The van der Waals surface area contributed by atoms with Gasteiger partial charge in [-0.1, -0.05) is 16.7 Å². The molecule has 4 aromatic rings. The lowest BCUT2D eigenvalue weighted by Crippen LogP contribution is -2.17. The van der Waals surface area contributed by atoms with Crippen LogP contribution in [-0.2, 0) is 6.18 Å². The molecule has 4 aromatic heterocycles. The molecule has 0 unspecified atom stereocenters. The van der Waals surface area contributed by atoms with Gasteiger partial charge in [0.15, 0.2) is 10.7 Å². The van der Waals surface area contributed by atoms with Crippen LogP contribution in [0.15, 0.2) is 28.9 Å². The third-order valence-electron chi connectivity index (χ3n) is 4.29. The first-order valence-corrected chi connectivity index (χ1v) is 9.76. The zero-order valence-electron chi connectivity index (χ0n) is 15.7. The third kappa shape index (κ3) is 3.87. The van der Waals surface area contributed by atoms with Crippen LogP contribution >= 0.6 is 22.9 Å². The molecule has 170 valence electrons. The lowest BCUT2D eigenvalue weighted by Gasteiger charge is -2.10. The number of hydrogen-bond acceptors (Lipinski definition) is 8. The number of pyridine rings is 1. The van der Waals surface area contributed by atoms with Crippen LogP contribution in [-0.4, -0.2) is 31.9 Å². The van der Waals surface area contributed by atoms with Crippen molar-refractivity contribution in [2.45, 2.75) is 6.18 Å². The van der Waals surface area contributed by atoms with Crippen LogP contribution in [0.2, 0.25) is 5.02 Å². The Balaban J connectivity index is 1.94. The van der Waals surface area contributed by atoms with Gasteiger partial charge in [-0.05, 0) is 23.1 Å². The molecule has 0 aliphatic rings. The largest absolute Gasteiger partial charge is 0.464 e. The molecule has 4 rings (SSSR count). The van der Waals surface area contributed by atoms with Crippen molar-refractivity contribution >= 4 is 56.5 Å². The second kappa shape index (κ2) is 7.86. The fourth-order valence-electron chi connectivity index (χ4n) is 2.93. The molecule has 0 saturated carbocycles. The number of nitro groups is 1. The number of primary amides is 1. The van der Waals surface area contributed by atoms with E-state index in [1.165, 1.54) is 18.4 Å². The molecule has 0 radical (unpaired) electrons. The molecule has 0 atom stereocenters. The first-order valence-electron chi connectivity index (χ1n) is 8.57. The first-order chi connectivity index (χ1) is 15.5. The molecule has 0 fully saturated rings. The number of halogens is 4. The van der Waals surface area contributed by atoms with E-state index in [1.54, 1.807) is 0 Å². The van der Waals surface area contributed by atoms with E-state index in [1.807, 2.05) is 5.10 Å². The predicted molar refractivity (Wildman–Crippen MR) is 109 cm³/mol. The van der Waals surface area contributed by atoms with Gasteiger partial charge in [-0.2, -0.15) is 13.2 Å². The highest BCUT2D eigenvalue weighted by molar-refractivity contribution is 7.21. The zero-order valence-corrected chi connectivity index (χ0v) is 17.3. The fourth-order valence-corrected chi connectivity index (χ4v) is 4.17. The average molecular weight is 501 g/mol. The van der Waals surface area contributed by atoms with Crippen molar-refractivity contribution in [2.24, 2.45) is 5.73 Å². The summed E-state index contributed by atoms with van der Waals surface area (Å²) in [5, 5.41) is 18.0. The zero-order chi connectivity index (χ0) is 24.1. The number of furan rings is 1. The smallest absolute Gasteiger partial charge is 0.433 e. The number of carbonyl (C=O) groups is 2. The molecule has 0 aromatic carbocycles. The van der Waals surface area contributed by atoms with E-state index in [9.17, 15) is 32.9 Å². The van der Waals surface area contributed by atoms with Crippen molar-refractivity contribution in [1.82, 2.24) is 15.2 Å². The maximum Gasteiger partial charge on any atom is 0.433 e. The highest BCUT2D eigenvalue weighted by Crippen LogP contribution is 2.44. The van der Waals surface area contributed by atoms with Crippen molar-refractivity contribution < 1.29 is 32.1 Å². The Morgan fingerprint density at radius 3 is 2.64 bits per heavy atom. The van der Waals surface area contributed by atoms with Crippen LogP contribution in [0.5, 0.6) is 0 Å². The van der Waals surface area contributed by atoms with Crippen molar-refractivity contribution in [2.75, 3.05) is 5.32 Å². The molecular weight excluding hydrogens is 493 g/mol. The molecule has 4 heterocycles. The minimum Gasteiger partial charge on any atom is -0.464 e. The number of fused-ring (bicyclic) bond motifs is 1. The first kappa shape index (κ1) is 22.2. The Morgan fingerprint density at radius 2 is 2.09 bits per heavy atom. The Hall–Kier alpha value is -3.98. The van der Waals surface area contributed by atoms with Crippen LogP contribution in [0.3, 0.4) is 0 Å². The quantitative estimate of drug-likeness (QED) is 0.272. The topological polar surface area (TPSA) is 170 Å². The molecule has 0 saturated heterocycles. The van der Waals surface area contributed by atoms with Gasteiger partial charge in [0.2, 0.25) is 0 Å². The number of nitrogens with zero attached hydrogens (tertiary/aromatic N) is 3. The van der Waals surface area contributed by atoms with Crippen LogP contribution in [0.1, 0.15) is 25.9 Å². The number of nitrogens with two attached hydrogens (primary N) is 1. The van der Waals surface area contributed by atoms with E-state index in [0.717, 1.165) is 0 Å². The van der Waals surface area contributed by atoms with E-state index >= 15 is 0 Å². The number of carbonyl (C=O) groups excluding carboxylic acids is 2. The summed E-state index contributed by atoms with van der Waals surface area (Å²) in [6.45, 7) is 0. The third-order valence-corrected chi connectivity index (χ3v) is 5.74. The monoisotopic (exact) mass is 500 g/mol. The number of anilines is 1. The Morgan fingerprint density at radius 1 is 1.36 bits per heavy atom. The van der Waals surface area contributed by atoms with Crippen molar-refractivity contribution in [3.8, 4) is 11.3 Å². The number of H-pyrrole nitrogens is 1. The summed E-state index contributed by atoms with van der Waals surface area (Å²) in [5.74, 6) is -2.91. The highest BCUT2D eigenvalue weighted by atomic mass is 35.5. The van der Waals surface area contributed by atoms with E-state index in [0.29, 0.717) is 17.4 Å². The maximum atomic E-state index is 13.4. The molecule has 16 heteroatoms. The molecule has 0 aliphatic heterocycles.